The van der Waals surface area contributed by atoms with Gasteiger partial charge in [-0.1, -0.05) is 291 Å². The molecule has 0 radical (unpaired) electrons. The van der Waals surface area contributed by atoms with Crippen LogP contribution in [-0.2, 0) is 0 Å². The van der Waals surface area contributed by atoms with Gasteiger partial charge in [0.1, 0.15) is 0 Å². The molecule has 1 saturated carbocycles. The van der Waals surface area contributed by atoms with E-state index in [-0.39, 0.29) is 0 Å². The van der Waals surface area contributed by atoms with Gasteiger partial charge in [-0.05, 0) is 61.7 Å². The minimum atomic E-state index is 1.05. The van der Waals surface area contributed by atoms with Gasteiger partial charge >= 0.3 is 0 Å². The van der Waals surface area contributed by atoms with Crippen LogP contribution in [-0.4, -0.2) is 0 Å². The van der Waals surface area contributed by atoms with E-state index in [2.05, 4.69) is 34.6 Å². The molecule has 0 bridgehead atoms. The summed E-state index contributed by atoms with van der Waals surface area (Å²) in [5.74, 6) is 5.24. The zero-order valence-corrected chi connectivity index (χ0v) is 39.7. The first-order valence-electron chi connectivity index (χ1n) is 27.2. The Bertz CT molecular complexity index is 560. The van der Waals surface area contributed by atoms with Crippen molar-refractivity contribution in [2.45, 2.75) is 324 Å². The van der Waals surface area contributed by atoms with E-state index in [9.17, 15) is 0 Å². The normalized spacial score (nSPS) is 19.9. The third-order valence-corrected chi connectivity index (χ3v) is 14.7. The lowest BCUT2D eigenvalue weighted by Gasteiger charge is -2.28. The molecular weight excluding hydrogens is 661 g/mol. The molecule has 0 spiro atoms. The fourth-order valence-electron chi connectivity index (χ4n) is 11.3. The number of unbranched alkanes of at least 4 members (excludes halogenated alkanes) is 35. The largest absolute Gasteiger partial charge is 0.0654 e. The van der Waals surface area contributed by atoms with Crippen molar-refractivity contribution in [2.24, 2.45) is 29.6 Å². The molecule has 0 aliphatic heterocycles. The van der Waals surface area contributed by atoms with Crippen LogP contribution < -0.4 is 0 Å². The van der Waals surface area contributed by atoms with E-state index in [1.54, 1.807) is 32.1 Å². The summed E-state index contributed by atoms with van der Waals surface area (Å²) in [4.78, 5) is 0. The van der Waals surface area contributed by atoms with E-state index in [1.165, 1.54) is 257 Å². The summed E-state index contributed by atoms with van der Waals surface area (Å²) in [5.41, 5.74) is 0. The maximum absolute atomic E-state index is 2.36. The Kier molecular flexibility index (Phi) is 40.6. The van der Waals surface area contributed by atoms with Crippen molar-refractivity contribution in [1.82, 2.24) is 0 Å². The monoisotopic (exact) mass is 771 g/mol. The average molecular weight is 771 g/mol. The topological polar surface area (TPSA) is 0 Å². The zero-order chi connectivity index (χ0) is 39.7. The van der Waals surface area contributed by atoms with Crippen molar-refractivity contribution in [2.75, 3.05) is 0 Å². The van der Waals surface area contributed by atoms with Crippen LogP contribution in [0.3, 0.4) is 0 Å². The summed E-state index contributed by atoms with van der Waals surface area (Å²) >= 11 is 0. The van der Waals surface area contributed by atoms with Gasteiger partial charge in [0, 0.05) is 0 Å². The lowest BCUT2D eigenvalue weighted by Crippen LogP contribution is -2.18. The van der Waals surface area contributed by atoms with Gasteiger partial charge in [-0.15, -0.1) is 0 Å². The summed E-state index contributed by atoms with van der Waals surface area (Å²) in [7, 11) is 0. The van der Waals surface area contributed by atoms with E-state index in [0.29, 0.717) is 0 Å². The molecule has 1 aliphatic carbocycles. The molecule has 0 aromatic rings. The summed E-state index contributed by atoms with van der Waals surface area (Å²) < 4.78 is 0. The van der Waals surface area contributed by atoms with Gasteiger partial charge in [0.25, 0.3) is 0 Å². The summed E-state index contributed by atoms with van der Waals surface area (Å²) in [6.45, 7) is 11.8. The van der Waals surface area contributed by atoms with Crippen LogP contribution >= 0.6 is 0 Å². The highest BCUT2D eigenvalue weighted by Crippen LogP contribution is 2.55. The molecule has 0 amide bonds. The third kappa shape index (κ3) is 29.8. The Morgan fingerprint density at radius 2 is 0.255 bits per heavy atom. The van der Waals surface area contributed by atoms with Crippen molar-refractivity contribution in [1.29, 1.82) is 0 Å². The summed E-state index contributed by atoms with van der Waals surface area (Å²) in [6, 6.07) is 0. The molecule has 0 aromatic heterocycles. The van der Waals surface area contributed by atoms with E-state index in [4.69, 9.17) is 0 Å². The van der Waals surface area contributed by atoms with Crippen LogP contribution in [0.25, 0.3) is 0 Å². The molecule has 330 valence electrons. The van der Waals surface area contributed by atoms with Gasteiger partial charge < -0.3 is 0 Å². The van der Waals surface area contributed by atoms with E-state index in [1.807, 2.05) is 0 Å². The van der Waals surface area contributed by atoms with Gasteiger partial charge in [-0.2, -0.15) is 0 Å². The van der Waals surface area contributed by atoms with Crippen LogP contribution in [0, 0.1) is 29.6 Å². The van der Waals surface area contributed by atoms with Crippen molar-refractivity contribution < 1.29 is 0 Å². The highest BCUT2D eigenvalue weighted by atomic mass is 14.5. The van der Waals surface area contributed by atoms with E-state index in [0.717, 1.165) is 29.6 Å². The zero-order valence-electron chi connectivity index (χ0n) is 39.7. The van der Waals surface area contributed by atoms with Crippen LogP contribution in [0.2, 0.25) is 0 Å². The van der Waals surface area contributed by atoms with E-state index < -0.39 is 0 Å². The molecular formula is C55H110. The van der Waals surface area contributed by atoms with Crippen LogP contribution in [0.15, 0.2) is 0 Å². The second-order valence-electron chi connectivity index (χ2n) is 19.6. The summed E-state index contributed by atoms with van der Waals surface area (Å²) in [6.07, 6.45) is 67.1. The molecule has 1 aliphatic rings. The number of hydrogen-bond donors (Lipinski definition) is 0. The van der Waals surface area contributed by atoms with Gasteiger partial charge in [-0.3, -0.25) is 0 Å². The summed E-state index contributed by atoms with van der Waals surface area (Å²) in [5, 5.41) is 0. The fourth-order valence-corrected chi connectivity index (χ4v) is 11.3. The molecule has 0 aromatic carbocycles. The maximum atomic E-state index is 2.36. The van der Waals surface area contributed by atoms with Crippen molar-refractivity contribution >= 4 is 0 Å². The SMILES string of the molecule is CCCCCCCCCCC1C(CCCCCCCCCC)C(CCCCCCCCCC)C(CCCCCCCCCC)C1CCCCCCCCCC. The third-order valence-electron chi connectivity index (χ3n) is 14.7. The fraction of sp³-hybridized carbons (Fsp3) is 1.00. The Balaban J connectivity index is 3.08. The van der Waals surface area contributed by atoms with Crippen molar-refractivity contribution in [3.8, 4) is 0 Å². The molecule has 0 unspecified atom stereocenters. The highest BCUT2D eigenvalue weighted by molar-refractivity contribution is 4.96. The standard InChI is InChI=1S/C55H110/c1-6-11-16-21-26-31-36-41-46-51-52(47-42-37-32-27-22-17-12-7-2)54(49-44-39-34-29-24-19-14-9-4)55(50-45-40-35-30-25-20-15-10-5)53(51)48-43-38-33-28-23-18-13-8-3/h51-55H,6-50H2,1-5H3. The predicted octanol–water partition coefficient (Wildman–Crippen LogP) is 20.7. The molecule has 1 fully saturated rings. The van der Waals surface area contributed by atoms with Crippen LogP contribution in [0.5, 0.6) is 0 Å². The second kappa shape index (κ2) is 42.1. The average Bonchev–Trinajstić information content (AvgIpc) is 3.46. The van der Waals surface area contributed by atoms with Crippen LogP contribution in [0.1, 0.15) is 324 Å². The first-order chi connectivity index (χ1) is 27.2. The minimum Gasteiger partial charge on any atom is -0.0654 e. The number of rotatable bonds is 45. The second-order valence-corrected chi connectivity index (χ2v) is 19.6. The molecule has 0 nitrogen and oxygen atoms in total. The van der Waals surface area contributed by atoms with Crippen molar-refractivity contribution in [3.05, 3.63) is 0 Å². The Hall–Kier alpha value is 0. The molecule has 1 rings (SSSR count). The maximum Gasteiger partial charge on any atom is -0.0352 e. The van der Waals surface area contributed by atoms with Gasteiger partial charge in [-0.25, -0.2) is 0 Å². The molecule has 0 N–H and O–H groups in total. The molecule has 0 heterocycles. The number of hydrogen-bond acceptors (Lipinski definition) is 0. The highest BCUT2D eigenvalue weighted by Gasteiger charge is 2.47. The minimum absolute atomic E-state index is 1.05. The quantitative estimate of drug-likeness (QED) is 0.0541. The Labute approximate surface area is 351 Å². The van der Waals surface area contributed by atoms with Gasteiger partial charge in [0.2, 0.25) is 0 Å². The van der Waals surface area contributed by atoms with Gasteiger partial charge in [0.05, 0.1) is 0 Å². The lowest BCUT2D eigenvalue weighted by molar-refractivity contribution is 0.224. The molecule has 0 saturated heterocycles. The predicted molar refractivity (Wildman–Crippen MR) is 254 cm³/mol. The first kappa shape index (κ1) is 53.0. The van der Waals surface area contributed by atoms with E-state index >= 15 is 0 Å². The Morgan fingerprint density at radius 1 is 0.145 bits per heavy atom. The van der Waals surface area contributed by atoms with Crippen LogP contribution in [0.4, 0.5) is 0 Å². The Morgan fingerprint density at radius 3 is 0.382 bits per heavy atom. The molecule has 0 heteroatoms. The lowest BCUT2D eigenvalue weighted by atomic mass is 9.78. The first-order valence-corrected chi connectivity index (χ1v) is 27.2. The smallest absolute Gasteiger partial charge is 0.0352 e. The van der Waals surface area contributed by atoms with Crippen molar-refractivity contribution in [3.63, 3.8) is 0 Å². The molecule has 55 heavy (non-hydrogen) atoms. The molecule has 0 atom stereocenters. The van der Waals surface area contributed by atoms with Gasteiger partial charge in [0.15, 0.2) is 0 Å².